The first-order valence-electron chi connectivity index (χ1n) is 5.48. The van der Waals surface area contributed by atoms with Gasteiger partial charge in [0, 0.05) is 0 Å². The number of hydrogen-bond acceptors (Lipinski definition) is 1. The molecule has 0 heterocycles. The molecule has 0 aromatic heterocycles. The number of aryl methyl sites for hydroxylation is 1. The van der Waals surface area contributed by atoms with Gasteiger partial charge in [-0.15, -0.1) is 0 Å². The summed E-state index contributed by atoms with van der Waals surface area (Å²) in [5.41, 5.74) is 3.38. The second-order valence-corrected chi connectivity index (χ2v) is 5.12. The fourth-order valence-corrected chi connectivity index (χ4v) is 2.37. The van der Waals surface area contributed by atoms with Crippen LogP contribution in [0.15, 0.2) is 42.5 Å². The summed E-state index contributed by atoms with van der Waals surface area (Å²) in [6.45, 7) is 1.91. The minimum Gasteiger partial charge on any atom is -0.306 e. The highest BCUT2D eigenvalue weighted by Crippen LogP contribution is 2.23. The minimum atomic E-state index is -1.87. The van der Waals surface area contributed by atoms with Crippen LogP contribution in [0, 0.1) is 12.7 Å². The van der Waals surface area contributed by atoms with Crippen LogP contribution < -0.4 is 0 Å². The van der Waals surface area contributed by atoms with E-state index in [1.807, 2.05) is 31.2 Å². The van der Waals surface area contributed by atoms with E-state index in [-0.39, 0.29) is 11.6 Å². The van der Waals surface area contributed by atoms with Gasteiger partial charge >= 0.3 is 0 Å². The van der Waals surface area contributed by atoms with E-state index in [0.717, 1.165) is 22.3 Å². The summed E-state index contributed by atoms with van der Waals surface area (Å²) in [5, 5.41) is 0. The molecule has 2 aromatic carbocycles. The van der Waals surface area contributed by atoms with Crippen LogP contribution in [-0.4, -0.2) is 8.76 Å². The van der Waals surface area contributed by atoms with Crippen molar-refractivity contribution in [1.29, 1.82) is 0 Å². The Hall–Kier alpha value is -1.52. The van der Waals surface area contributed by atoms with Gasteiger partial charge in [0.1, 0.15) is 5.82 Å². The molecule has 0 amide bonds. The predicted octanol–water partition coefficient (Wildman–Crippen LogP) is 3.52. The lowest BCUT2D eigenvalue weighted by atomic mass is 10.0. The molecule has 0 fully saturated rings. The van der Waals surface area contributed by atoms with Crippen molar-refractivity contribution in [3.63, 3.8) is 0 Å². The summed E-state index contributed by atoms with van der Waals surface area (Å²) < 4.78 is 32.9. The lowest BCUT2D eigenvalue weighted by Gasteiger charge is -2.07. The Labute approximate surface area is 108 Å². The van der Waals surface area contributed by atoms with Gasteiger partial charge in [-0.3, -0.25) is 0 Å². The normalized spacial score (nSPS) is 12.4. The summed E-state index contributed by atoms with van der Waals surface area (Å²) in [6, 6.07) is 11.9. The van der Waals surface area contributed by atoms with E-state index >= 15 is 0 Å². The molecule has 0 aliphatic rings. The highest BCUT2D eigenvalue weighted by molar-refractivity contribution is 7.78. The second-order valence-electron chi connectivity index (χ2n) is 4.18. The van der Waals surface area contributed by atoms with Crippen molar-refractivity contribution in [2.24, 2.45) is 0 Å². The maximum Gasteiger partial charge on any atom is 0.157 e. The highest BCUT2D eigenvalue weighted by atomic mass is 32.2. The first kappa shape index (κ1) is 12.9. The van der Waals surface area contributed by atoms with Gasteiger partial charge in [-0.05, 0) is 35.7 Å². The van der Waals surface area contributed by atoms with E-state index in [4.69, 9.17) is 4.55 Å². The molecule has 4 heteroatoms. The summed E-state index contributed by atoms with van der Waals surface area (Å²) in [7, 11) is 0. The third-order valence-electron chi connectivity index (χ3n) is 2.59. The molecule has 0 aliphatic heterocycles. The van der Waals surface area contributed by atoms with Crippen LogP contribution in [0.4, 0.5) is 4.39 Å². The molecule has 2 nitrogen and oxygen atoms in total. The summed E-state index contributed by atoms with van der Waals surface area (Å²) in [5.74, 6) is -0.203. The monoisotopic (exact) mass is 264 g/mol. The van der Waals surface area contributed by atoms with E-state index in [2.05, 4.69) is 0 Å². The maximum atomic E-state index is 13.2. The third-order valence-corrected chi connectivity index (χ3v) is 3.17. The van der Waals surface area contributed by atoms with Gasteiger partial charge in [0.05, 0.1) is 5.75 Å². The van der Waals surface area contributed by atoms with E-state index < -0.39 is 11.1 Å². The highest BCUT2D eigenvalue weighted by Gasteiger charge is 2.04. The third kappa shape index (κ3) is 3.24. The van der Waals surface area contributed by atoms with E-state index in [1.54, 1.807) is 6.07 Å². The van der Waals surface area contributed by atoms with Gasteiger partial charge in [-0.1, -0.05) is 35.9 Å². The zero-order valence-corrected chi connectivity index (χ0v) is 10.7. The predicted molar refractivity (Wildman–Crippen MR) is 71.0 cm³/mol. The molecule has 94 valence electrons. The molecule has 2 rings (SSSR count). The number of benzene rings is 2. The summed E-state index contributed by atoms with van der Waals surface area (Å²) >= 11 is -1.87. The Balaban J connectivity index is 2.44. The van der Waals surface area contributed by atoms with Crippen LogP contribution in [-0.2, 0) is 16.8 Å². The maximum absolute atomic E-state index is 13.2. The molecular formula is C14H13FO2S. The van der Waals surface area contributed by atoms with Gasteiger partial charge in [-0.2, -0.15) is 0 Å². The molecule has 0 saturated heterocycles. The van der Waals surface area contributed by atoms with Crippen LogP contribution in [0.1, 0.15) is 11.1 Å². The molecular weight excluding hydrogens is 251 g/mol. The Kier molecular flexibility index (Phi) is 3.89. The van der Waals surface area contributed by atoms with Crippen LogP contribution in [0.5, 0.6) is 0 Å². The standard InChI is InChI=1S/C14H13FO2S/c1-10-5-11(9-18(16)17)7-13(6-10)12-3-2-4-14(15)8-12/h2-8H,9H2,1H3,(H,16,17). The SMILES string of the molecule is Cc1cc(CS(=O)O)cc(-c2cccc(F)c2)c1. The summed E-state index contributed by atoms with van der Waals surface area (Å²) in [6.07, 6.45) is 0. The van der Waals surface area contributed by atoms with Crippen molar-refractivity contribution >= 4 is 11.1 Å². The first-order valence-corrected chi connectivity index (χ1v) is 6.76. The van der Waals surface area contributed by atoms with Gasteiger partial charge < -0.3 is 4.55 Å². The quantitative estimate of drug-likeness (QED) is 0.861. The molecule has 1 N–H and O–H groups in total. The fraction of sp³-hybridized carbons (Fsp3) is 0.143. The Morgan fingerprint density at radius 1 is 1.17 bits per heavy atom. The van der Waals surface area contributed by atoms with Gasteiger partial charge in [0.2, 0.25) is 0 Å². The largest absolute Gasteiger partial charge is 0.306 e. The topological polar surface area (TPSA) is 37.3 Å². The molecule has 0 bridgehead atoms. The van der Waals surface area contributed by atoms with Crippen molar-refractivity contribution in [2.75, 3.05) is 0 Å². The first-order chi connectivity index (χ1) is 8.54. The summed E-state index contributed by atoms with van der Waals surface area (Å²) in [4.78, 5) is 0. The number of halogens is 1. The number of rotatable bonds is 3. The van der Waals surface area contributed by atoms with E-state index in [0.29, 0.717) is 0 Å². The van der Waals surface area contributed by atoms with Crippen molar-refractivity contribution in [2.45, 2.75) is 12.7 Å². The van der Waals surface area contributed by atoms with Crippen molar-refractivity contribution in [3.8, 4) is 11.1 Å². The zero-order chi connectivity index (χ0) is 13.1. The van der Waals surface area contributed by atoms with Crippen molar-refractivity contribution in [1.82, 2.24) is 0 Å². The molecule has 2 aromatic rings. The molecule has 1 unspecified atom stereocenters. The second kappa shape index (κ2) is 5.42. The Morgan fingerprint density at radius 2 is 1.94 bits per heavy atom. The van der Waals surface area contributed by atoms with Crippen LogP contribution in [0.2, 0.25) is 0 Å². The van der Waals surface area contributed by atoms with Gasteiger partial charge in [-0.25, -0.2) is 8.60 Å². The molecule has 0 spiro atoms. The molecule has 0 radical (unpaired) electrons. The molecule has 18 heavy (non-hydrogen) atoms. The van der Waals surface area contributed by atoms with Crippen LogP contribution >= 0.6 is 0 Å². The average Bonchev–Trinajstić information content (AvgIpc) is 2.27. The Morgan fingerprint density at radius 3 is 2.61 bits per heavy atom. The smallest absolute Gasteiger partial charge is 0.157 e. The van der Waals surface area contributed by atoms with Crippen molar-refractivity contribution < 1.29 is 13.2 Å². The molecule has 0 saturated carbocycles. The van der Waals surface area contributed by atoms with Crippen LogP contribution in [0.3, 0.4) is 0 Å². The zero-order valence-electron chi connectivity index (χ0n) is 9.89. The average molecular weight is 264 g/mol. The van der Waals surface area contributed by atoms with Gasteiger partial charge in [0.15, 0.2) is 11.1 Å². The minimum absolute atomic E-state index is 0.0873. The lowest BCUT2D eigenvalue weighted by molar-refractivity contribution is 0.563. The lowest BCUT2D eigenvalue weighted by Crippen LogP contribution is -1.94. The number of hydrogen-bond donors (Lipinski definition) is 1. The Bertz CT molecular complexity index is 596. The molecule has 1 atom stereocenters. The van der Waals surface area contributed by atoms with E-state index in [9.17, 15) is 8.60 Å². The van der Waals surface area contributed by atoms with E-state index in [1.165, 1.54) is 12.1 Å². The van der Waals surface area contributed by atoms with Crippen molar-refractivity contribution in [3.05, 3.63) is 59.4 Å². The van der Waals surface area contributed by atoms with Crippen LogP contribution in [0.25, 0.3) is 11.1 Å². The van der Waals surface area contributed by atoms with Gasteiger partial charge in [0.25, 0.3) is 0 Å². The fourth-order valence-electron chi connectivity index (χ4n) is 1.92. The molecule has 0 aliphatic carbocycles.